The van der Waals surface area contributed by atoms with Gasteiger partial charge in [-0.3, -0.25) is 4.79 Å². The van der Waals surface area contributed by atoms with Gasteiger partial charge in [-0.1, -0.05) is 42.5 Å². The van der Waals surface area contributed by atoms with Crippen LogP contribution < -0.4 is 9.47 Å². The van der Waals surface area contributed by atoms with E-state index >= 15 is 0 Å². The molecular formula is C19H16O4. The van der Waals surface area contributed by atoms with E-state index in [-0.39, 0.29) is 5.75 Å². The van der Waals surface area contributed by atoms with E-state index in [4.69, 9.17) is 9.47 Å². The molecule has 4 nitrogen and oxygen atoms in total. The van der Waals surface area contributed by atoms with Gasteiger partial charge in [-0.2, -0.15) is 0 Å². The number of aromatic hydroxyl groups is 1. The third-order valence-corrected chi connectivity index (χ3v) is 3.43. The number of carbonyl (C=O) groups excluding carboxylic acids is 1. The van der Waals surface area contributed by atoms with E-state index in [1.807, 2.05) is 30.3 Å². The molecule has 0 fully saturated rings. The highest BCUT2D eigenvalue weighted by atomic mass is 16.5. The number of phenolic OH excluding ortho intramolecular Hbond substituents is 1. The van der Waals surface area contributed by atoms with E-state index in [2.05, 4.69) is 0 Å². The van der Waals surface area contributed by atoms with Crippen LogP contribution in [0.25, 0.3) is 10.8 Å². The highest BCUT2D eigenvalue weighted by Crippen LogP contribution is 2.39. The van der Waals surface area contributed by atoms with Gasteiger partial charge in [0.05, 0.1) is 5.39 Å². The maximum Gasteiger partial charge on any atom is 0.308 e. The number of rotatable bonds is 4. The lowest BCUT2D eigenvalue weighted by molar-refractivity contribution is -0.131. The smallest absolute Gasteiger partial charge is 0.308 e. The van der Waals surface area contributed by atoms with E-state index in [0.29, 0.717) is 28.9 Å². The number of hydrogen-bond donors (Lipinski definition) is 1. The number of carbonyl (C=O) groups is 1. The summed E-state index contributed by atoms with van der Waals surface area (Å²) in [5.74, 6) is 0.614. The van der Waals surface area contributed by atoms with Crippen molar-refractivity contribution >= 4 is 16.7 Å². The number of esters is 1. The molecule has 0 aliphatic carbocycles. The predicted molar refractivity (Wildman–Crippen MR) is 87.7 cm³/mol. The van der Waals surface area contributed by atoms with Gasteiger partial charge in [0.1, 0.15) is 23.9 Å². The summed E-state index contributed by atoms with van der Waals surface area (Å²) in [6, 6.07) is 18.2. The van der Waals surface area contributed by atoms with E-state index in [9.17, 15) is 9.90 Å². The number of ether oxygens (including phenoxy) is 2. The molecule has 3 rings (SSSR count). The summed E-state index contributed by atoms with van der Waals surface area (Å²) in [6.07, 6.45) is 0. The minimum Gasteiger partial charge on any atom is -0.507 e. The molecule has 0 heterocycles. The molecule has 3 aromatic carbocycles. The minimum atomic E-state index is -0.421. The van der Waals surface area contributed by atoms with Crippen molar-refractivity contribution in [2.45, 2.75) is 13.5 Å². The largest absolute Gasteiger partial charge is 0.507 e. The van der Waals surface area contributed by atoms with Crippen LogP contribution in [0.1, 0.15) is 12.5 Å². The number of hydrogen-bond acceptors (Lipinski definition) is 4. The second-order valence-electron chi connectivity index (χ2n) is 5.13. The van der Waals surface area contributed by atoms with Crippen molar-refractivity contribution in [3.8, 4) is 17.2 Å². The summed E-state index contributed by atoms with van der Waals surface area (Å²) in [5, 5.41) is 11.2. The van der Waals surface area contributed by atoms with E-state index in [1.54, 1.807) is 24.3 Å². The zero-order valence-electron chi connectivity index (χ0n) is 12.7. The van der Waals surface area contributed by atoms with Gasteiger partial charge < -0.3 is 14.6 Å². The van der Waals surface area contributed by atoms with Crippen LogP contribution in [-0.2, 0) is 11.4 Å². The summed E-state index contributed by atoms with van der Waals surface area (Å²) in [4.78, 5) is 11.3. The van der Waals surface area contributed by atoms with Gasteiger partial charge in [-0.25, -0.2) is 0 Å². The maximum absolute atomic E-state index is 11.3. The lowest BCUT2D eigenvalue weighted by Gasteiger charge is -2.13. The monoisotopic (exact) mass is 308 g/mol. The highest BCUT2D eigenvalue weighted by Gasteiger charge is 2.13. The van der Waals surface area contributed by atoms with Gasteiger partial charge in [-0.05, 0) is 23.8 Å². The Morgan fingerprint density at radius 2 is 1.74 bits per heavy atom. The highest BCUT2D eigenvalue weighted by molar-refractivity contribution is 5.98. The van der Waals surface area contributed by atoms with Crippen LogP contribution in [0, 0.1) is 0 Å². The Hall–Kier alpha value is -3.01. The minimum absolute atomic E-state index is 0.112. The van der Waals surface area contributed by atoms with Crippen LogP contribution in [0.4, 0.5) is 0 Å². The van der Waals surface area contributed by atoms with Crippen molar-refractivity contribution < 1.29 is 19.4 Å². The molecule has 0 spiro atoms. The fourth-order valence-electron chi connectivity index (χ4n) is 2.42. The van der Waals surface area contributed by atoms with Crippen molar-refractivity contribution in [2.24, 2.45) is 0 Å². The normalized spacial score (nSPS) is 10.5. The molecule has 0 saturated carbocycles. The molecule has 23 heavy (non-hydrogen) atoms. The standard InChI is InChI=1S/C19H16O4/c1-13(20)23-18-11-10-16(21)15-8-5-9-17(19(15)18)22-12-14-6-3-2-4-7-14/h2-11,21H,12H2,1H3. The summed E-state index contributed by atoms with van der Waals surface area (Å²) >= 11 is 0. The molecular weight excluding hydrogens is 292 g/mol. The summed E-state index contributed by atoms with van der Waals surface area (Å²) in [7, 11) is 0. The Morgan fingerprint density at radius 1 is 0.957 bits per heavy atom. The van der Waals surface area contributed by atoms with Crippen LogP contribution in [0.2, 0.25) is 0 Å². The predicted octanol–water partition coefficient (Wildman–Crippen LogP) is 4.05. The first-order valence-corrected chi connectivity index (χ1v) is 7.25. The third kappa shape index (κ3) is 3.26. The second-order valence-corrected chi connectivity index (χ2v) is 5.13. The Balaban J connectivity index is 2.02. The zero-order valence-corrected chi connectivity index (χ0v) is 12.7. The quantitative estimate of drug-likeness (QED) is 0.583. The molecule has 4 heteroatoms. The van der Waals surface area contributed by atoms with Gasteiger partial charge in [0.15, 0.2) is 0 Å². The summed E-state index contributed by atoms with van der Waals surface area (Å²) in [5.41, 5.74) is 1.03. The average Bonchev–Trinajstić information content (AvgIpc) is 2.56. The van der Waals surface area contributed by atoms with Gasteiger partial charge in [-0.15, -0.1) is 0 Å². The molecule has 0 atom stereocenters. The van der Waals surface area contributed by atoms with E-state index in [0.717, 1.165) is 5.56 Å². The van der Waals surface area contributed by atoms with Crippen LogP contribution in [0.3, 0.4) is 0 Å². The molecule has 0 radical (unpaired) electrons. The summed E-state index contributed by atoms with van der Waals surface area (Å²) < 4.78 is 11.1. The van der Waals surface area contributed by atoms with E-state index < -0.39 is 5.97 Å². The Kier molecular flexibility index (Phi) is 4.15. The number of benzene rings is 3. The van der Waals surface area contributed by atoms with Crippen molar-refractivity contribution in [3.05, 3.63) is 66.2 Å². The lowest BCUT2D eigenvalue weighted by Crippen LogP contribution is -2.03. The molecule has 116 valence electrons. The van der Waals surface area contributed by atoms with Crippen LogP contribution in [-0.4, -0.2) is 11.1 Å². The molecule has 0 amide bonds. The first kappa shape index (κ1) is 14.9. The molecule has 1 N–H and O–H groups in total. The van der Waals surface area contributed by atoms with E-state index in [1.165, 1.54) is 13.0 Å². The zero-order chi connectivity index (χ0) is 16.2. The van der Waals surface area contributed by atoms with Crippen molar-refractivity contribution in [2.75, 3.05) is 0 Å². The molecule has 0 saturated heterocycles. The molecule has 3 aromatic rings. The molecule has 0 aliphatic rings. The average molecular weight is 308 g/mol. The topological polar surface area (TPSA) is 55.8 Å². The molecule has 0 aliphatic heterocycles. The molecule has 0 aromatic heterocycles. The fraction of sp³-hybridized carbons (Fsp3) is 0.105. The Bertz CT molecular complexity index is 841. The van der Waals surface area contributed by atoms with Crippen LogP contribution in [0.15, 0.2) is 60.7 Å². The Morgan fingerprint density at radius 3 is 2.48 bits per heavy atom. The number of fused-ring (bicyclic) bond motifs is 1. The van der Waals surface area contributed by atoms with Gasteiger partial charge in [0.25, 0.3) is 0 Å². The fourth-order valence-corrected chi connectivity index (χ4v) is 2.42. The van der Waals surface area contributed by atoms with Crippen molar-refractivity contribution in [3.63, 3.8) is 0 Å². The SMILES string of the molecule is CC(=O)Oc1ccc(O)c2cccc(OCc3ccccc3)c12. The molecule has 0 unspecified atom stereocenters. The second kappa shape index (κ2) is 6.40. The first-order chi connectivity index (χ1) is 11.1. The van der Waals surface area contributed by atoms with Gasteiger partial charge in [0, 0.05) is 12.3 Å². The summed E-state index contributed by atoms with van der Waals surface area (Å²) in [6.45, 7) is 1.72. The lowest BCUT2D eigenvalue weighted by atomic mass is 10.1. The van der Waals surface area contributed by atoms with Crippen LogP contribution >= 0.6 is 0 Å². The van der Waals surface area contributed by atoms with Crippen molar-refractivity contribution in [1.29, 1.82) is 0 Å². The number of phenols is 1. The van der Waals surface area contributed by atoms with Gasteiger partial charge >= 0.3 is 5.97 Å². The Labute approximate surface area is 133 Å². The molecule has 0 bridgehead atoms. The van der Waals surface area contributed by atoms with Crippen molar-refractivity contribution in [1.82, 2.24) is 0 Å². The van der Waals surface area contributed by atoms with Gasteiger partial charge in [0.2, 0.25) is 0 Å². The maximum atomic E-state index is 11.3. The third-order valence-electron chi connectivity index (χ3n) is 3.43. The van der Waals surface area contributed by atoms with Crippen LogP contribution in [0.5, 0.6) is 17.2 Å². The first-order valence-electron chi connectivity index (χ1n) is 7.25.